The Bertz CT molecular complexity index is 3230. The standard InChI is InChI=1S/C59H39N3/c1-38-31-43(39-17-5-2-6-18-39)34-46(32-38)57-60-56(61-58(62-57)47-35-44(40-19-7-3-8-20-40)33-45(36-47)41-21-9-4-10-22-41)42-29-30-51-50-25-13-16-28-54(50)59(55(51)37-42)52-26-14-11-23-48(52)49-24-12-15-27-53(49)59/h2-37H,1H3. The van der Waals surface area contributed by atoms with E-state index >= 15 is 0 Å². The summed E-state index contributed by atoms with van der Waals surface area (Å²) in [6, 6.07) is 78.6. The number of aryl methyl sites for hydroxylation is 1. The zero-order valence-electron chi connectivity index (χ0n) is 34.1. The Labute approximate surface area is 361 Å². The third kappa shape index (κ3) is 5.70. The smallest absolute Gasteiger partial charge is 0.164 e. The van der Waals surface area contributed by atoms with E-state index in [0.717, 1.165) is 55.6 Å². The fourth-order valence-corrected chi connectivity index (χ4v) is 10.1. The van der Waals surface area contributed by atoms with Gasteiger partial charge in [0.05, 0.1) is 5.41 Å². The highest BCUT2D eigenvalue weighted by molar-refractivity contribution is 5.96. The van der Waals surface area contributed by atoms with Crippen LogP contribution in [0.15, 0.2) is 218 Å². The first-order chi connectivity index (χ1) is 30.6. The van der Waals surface area contributed by atoms with Crippen LogP contribution in [0.3, 0.4) is 0 Å². The van der Waals surface area contributed by atoms with Crippen LogP contribution in [-0.2, 0) is 5.41 Å². The molecule has 0 N–H and O–H groups in total. The maximum atomic E-state index is 5.43. The summed E-state index contributed by atoms with van der Waals surface area (Å²) in [6.45, 7) is 2.14. The Morgan fingerprint density at radius 3 is 1.06 bits per heavy atom. The lowest BCUT2D eigenvalue weighted by molar-refractivity contribution is 0.794. The van der Waals surface area contributed by atoms with Gasteiger partial charge in [-0.3, -0.25) is 0 Å². The van der Waals surface area contributed by atoms with Crippen molar-refractivity contribution in [2.75, 3.05) is 0 Å². The lowest BCUT2D eigenvalue weighted by Gasteiger charge is -2.30. The number of aromatic nitrogens is 3. The molecular weight excluding hydrogens is 751 g/mol. The van der Waals surface area contributed by atoms with Gasteiger partial charge >= 0.3 is 0 Å². The van der Waals surface area contributed by atoms with Crippen LogP contribution in [0.4, 0.5) is 0 Å². The Morgan fingerprint density at radius 2 is 0.597 bits per heavy atom. The number of benzene rings is 9. The minimum atomic E-state index is -0.483. The molecule has 2 aliphatic rings. The fourth-order valence-electron chi connectivity index (χ4n) is 10.1. The first-order valence-corrected chi connectivity index (χ1v) is 21.3. The topological polar surface area (TPSA) is 38.7 Å². The van der Waals surface area contributed by atoms with E-state index in [0.29, 0.717) is 17.5 Å². The molecule has 1 spiro atoms. The maximum absolute atomic E-state index is 5.43. The van der Waals surface area contributed by atoms with Crippen molar-refractivity contribution in [3.05, 3.63) is 246 Å². The normalized spacial score (nSPS) is 12.7. The fraction of sp³-hybridized carbons (Fsp3) is 0.0339. The van der Waals surface area contributed by atoms with Gasteiger partial charge in [-0.1, -0.05) is 182 Å². The maximum Gasteiger partial charge on any atom is 0.164 e. The van der Waals surface area contributed by atoms with Crippen molar-refractivity contribution in [1.82, 2.24) is 15.0 Å². The minimum Gasteiger partial charge on any atom is -0.208 e. The Kier molecular flexibility index (Phi) is 8.29. The molecule has 290 valence electrons. The van der Waals surface area contributed by atoms with Crippen LogP contribution in [0.2, 0.25) is 0 Å². The second-order valence-electron chi connectivity index (χ2n) is 16.4. The van der Waals surface area contributed by atoms with Crippen LogP contribution in [0, 0.1) is 6.92 Å². The molecule has 0 saturated heterocycles. The monoisotopic (exact) mass is 789 g/mol. The molecular formula is C59H39N3. The van der Waals surface area contributed by atoms with E-state index in [2.05, 4.69) is 225 Å². The largest absolute Gasteiger partial charge is 0.208 e. The molecule has 0 bridgehead atoms. The van der Waals surface area contributed by atoms with E-state index in [9.17, 15) is 0 Å². The van der Waals surface area contributed by atoms with Crippen LogP contribution in [-0.4, -0.2) is 15.0 Å². The van der Waals surface area contributed by atoms with Crippen LogP contribution < -0.4 is 0 Å². The van der Waals surface area contributed by atoms with Crippen molar-refractivity contribution in [3.8, 4) is 89.8 Å². The van der Waals surface area contributed by atoms with Gasteiger partial charge in [-0.05, 0) is 127 Å². The summed E-state index contributed by atoms with van der Waals surface area (Å²) in [5, 5.41) is 0. The molecule has 3 nitrogen and oxygen atoms in total. The summed E-state index contributed by atoms with van der Waals surface area (Å²) < 4.78 is 0. The third-order valence-corrected chi connectivity index (χ3v) is 12.7. The van der Waals surface area contributed by atoms with Gasteiger partial charge in [-0.25, -0.2) is 15.0 Å². The van der Waals surface area contributed by atoms with E-state index in [1.54, 1.807) is 0 Å². The van der Waals surface area contributed by atoms with Crippen molar-refractivity contribution in [2.24, 2.45) is 0 Å². The number of rotatable bonds is 6. The first kappa shape index (κ1) is 35.9. The Morgan fingerprint density at radius 1 is 0.258 bits per heavy atom. The summed E-state index contributed by atoms with van der Waals surface area (Å²) in [4.78, 5) is 16.2. The molecule has 62 heavy (non-hydrogen) atoms. The Balaban J connectivity index is 1.11. The summed E-state index contributed by atoms with van der Waals surface area (Å²) >= 11 is 0. The molecule has 0 radical (unpaired) electrons. The van der Waals surface area contributed by atoms with E-state index in [4.69, 9.17) is 15.0 Å². The molecule has 9 aromatic carbocycles. The molecule has 1 aromatic heterocycles. The molecule has 0 aliphatic heterocycles. The molecule has 0 amide bonds. The first-order valence-electron chi connectivity index (χ1n) is 21.3. The van der Waals surface area contributed by atoms with Crippen molar-refractivity contribution >= 4 is 0 Å². The highest BCUT2D eigenvalue weighted by atomic mass is 15.0. The number of nitrogens with zero attached hydrogens (tertiary/aromatic N) is 3. The van der Waals surface area contributed by atoms with Crippen LogP contribution in [0.1, 0.15) is 27.8 Å². The van der Waals surface area contributed by atoms with Gasteiger partial charge in [0.15, 0.2) is 17.5 Å². The van der Waals surface area contributed by atoms with Crippen LogP contribution >= 0.6 is 0 Å². The molecule has 10 aromatic rings. The van der Waals surface area contributed by atoms with Crippen molar-refractivity contribution < 1.29 is 0 Å². The number of hydrogen-bond acceptors (Lipinski definition) is 3. The SMILES string of the molecule is Cc1cc(-c2ccccc2)cc(-c2nc(-c3cc(-c4ccccc4)cc(-c4ccccc4)c3)nc(-c3ccc4c(c3)C3(c5ccccc5-c5ccccc53)c3ccccc3-4)n2)c1. The summed E-state index contributed by atoms with van der Waals surface area (Å²) in [7, 11) is 0. The van der Waals surface area contributed by atoms with E-state index in [1.165, 1.54) is 44.5 Å². The minimum absolute atomic E-state index is 0.483. The van der Waals surface area contributed by atoms with Crippen molar-refractivity contribution in [2.45, 2.75) is 12.3 Å². The highest BCUT2D eigenvalue weighted by Crippen LogP contribution is 2.63. The second kappa shape index (κ2) is 14.3. The zero-order valence-corrected chi connectivity index (χ0v) is 34.1. The van der Waals surface area contributed by atoms with Gasteiger partial charge in [0, 0.05) is 16.7 Å². The molecule has 0 atom stereocenters. The van der Waals surface area contributed by atoms with Gasteiger partial charge in [-0.2, -0.15) is 0 Å². The van der Waals surface area contributed by atoms with Crippen molar-refractivity contribution in [1.29, 1.82) is 0 Å². The predicted octanol–water partition coefficient (Wildman–Crippen LogP) is 14.5. The summed E-state index contributed by atoms with van der Waals surface area (Å²) in [6.07, 6.45) is 0. The molecule has 0 fully saturated rings. The quantitative estimate of drug-likeness (QED) is 0.168. The molecule has 12 rings (SSSR count). The summed E-state index contributed by atoms with van der Waals surface area (Å²) in [5.74, 6) is 1.89. The second-order valence-corrected chi connectivity index (χ2v) is 16.4. The molecule has 0 saturated carbocycles. The van der Waals surface area contributed by atoms with Gasteiger partial charge < -0.3 is 0 Å². The lowest BCUT2D eigenvalue weighted by atomic mass is 9.70. The zero-order chi connectivity index (χ0) is 41.2. The average Bonchev–Trinajstić information content (AvgIpc) is 3.81. The van der Waals surface area contributed by atoms with Gasteiger partial charge in [0.1, 0.15) is 0 Å². The van der Waals surface area contributed by atoms with E-state index < -0.39 is 5.41 Å². The van der Waals surface area contributed by atoms with Crippen LogP contribution in [0.5, 0.6) is 0 Å². The Hall–Kier alpha value is -8.01. The van der Waals surface area contributed by atoms with Gasteiger partial charge in [0.25, 0.3) is 0 Å². The summed E-state index contributed by atoms with van der Waals surface area (Å²) in [5.41, 5.74) is 20.4. The average molecular weight is 790 g/mol. The van der Waals surface area contributed by atoms with Gasteiger partial charge in [0.2, 0.25) is 0 Å². The number of hydrogen-bond donors (Lipinski definition) is 0. The predicted molar refractivity (Wildman–Crippen MR) is 253 cm³/mol. The molecule has 1 heterocycles. The van der Waals surface area contributed by atoms with E-state index in [1.807, 2.05) is 0 Å². The highest BCUT2D eigenvalue weighted by Gasteiger charge is 2.51. The van der Waals surface area contributed by atoms with Crippen LogP contribution in [0.25, 0.3) is 89.8 Å². The number of fused-ring (bicyclic) bond motifs is 10. The molecule has 0 unspecified atom stereocenters. The van der Waals surface area contributed by atoms with Gasteiger partial charge in [-0.15, -0.1) is 0 Å². The lowest BCUT2D eigenvalue weighted by Crippen LogP contribution is -2.25. The van der Waals surface area contributed by atoms with Crippen molar-refractivity contribution in [3.63, 3.8) is 0 Å². The van der Waals surface area contributed by atoms with E-state index in [-0.39, 0.29) is 0 Å². The molecule has 2 aliphatic carbocycles. The third-order valence-electron chi connectivity index (χ3n) is 12.7. The molecule has 3 heteroatoms.